The topological polar surface area (TPSA) is 71.6 Å². The first-order valence-corrected chi connectivity index (χ1v) is 10.3. The highest BCUT2D eigenvalue weighted by molar-refractivity contribution is 6.02. The molecule has 31 heavy (non-hydrogen) atoms. The first-order valence-electron chi connectivity index (χ1n) is 10.3. The van der Waals surface area contributed by atoms with Crippen LogP contribution in [0.1, 0.15) is 11.1 Å². The number of rotatable bonds is 7. The molecule has 0 unspecified atom stereocenters. The van der Waals surface area contributed by atoms with E-state index in [-0.39, 0.29) is 12.5 Å². The maximum absolute atomic E-state index is 13.3. The van der Waals surface area contributed by atoms with Crippen molar-refractivity contribution in [1.82, 2.24) is 19.6 Å². The van der Waals surface area contributed by atoms with E-state index in [4.69, 9.17) is 4.42 Å². The average Bonchev–Trinajstić information content (AvgIpc) is 3.17. The fourth-order valence-electron chi connectivity index (χ4n) is 3.66. The molecule has 0 aliphatic rings. The van der Waals surface area contributed by atoms with Crippen LogP contribution in [0, 0.1) is 6.92 Å². The number of likely N-dealkylation sites (N-methyl/N-ethyl adjacent to an activating group) is 1. The molecule has 0 aliphatic heterocycles. The van der Waals surface area contributed by atoms with E-state index in [0.29, 0.717) is 29.6 Å². The zero-order chi connectivity index (χ0) is 22.0. The minimum Gasteiger partial charge on any atom is -0.422 e. The predicted octanol–water partition coefficient (Wildman–Crippen LogP) is 3.04. The summed E-state index contributed by atoms with van der Waals surface area (Å²) < 4.78 is 7.04. The van der Waals surface area contributed by atoms with Gasteiger partial charge in [0.25, 0.3) is 0 Å². The Hall–Kier alpha value is -3.45. The van der Waals surface area contributed by atoms with Gasteiger partial charge in [-0.15, -0.1) is 0 Å². The fraction of sp³-hybridized carbons (Fsp3) is 0.292. The number of carbonyl (C=O) groups is 1. The molecule has 4 aromatic rings. The minimum atomic E-state index is -0.446. The number of nitrogens with zero attached hydrogens (tertiary/aromatic N) is 4. The summed E-state index contributed by atoms with van der Waals surface area (Å²) in [5.41, 5.74) is 2.79. The van der Waals surface area contributed by atoms with Gasteiger partial charge in [0.1, 0.15) is 17.5 Å². The molecule has 0 saturated heterocycles. The Labute approximate surface area is 180 Å². The lowest BCUT2D eigenvalue weighted by Crippen LogP contribution is -2.38. The van der Waals surface area contributed by atoms with Crippen molar-refractivity contribution in [3.63, 3.8) is 0 Å². The van der Waals surface area contributed by atoms with Crippen molar-refractivity contribution in [3.8, 4) is 0 Å². The van der Waals surface area contributed by atoms with E-state index in [1.165, 1.54) is 6.20 Å². The van der Waals surface area contributed by atoms with Gasteiger partial charge in [-0.25, -0.2) is 4.79 Å². The van der Waals surface area contributed by atoms with Crippen molar-refractivity contribution in [2.75, 3.05) is 27.2 Å². The van der Waals surface area contributed by atoms with E-state index in [2.05, 4.69) is 10.00 Å². The lowest BCUT2D eigenvalue weighted by atomic mass is 10.1. The molecule has 4 rings (SSSR count). The second kappa shape index (κ2) is 8.73. The molecule has 2 heterocycles. The second-order valence-electron chi connectivity index (χ2n) is 8.06. The second-order valence-corrected chi connectivity index (χ2v) is 8.06. The van der Waals surface area contributed by atoms with Gasteiger partial charge in [0.2, 0.25) is 5.91 Å². The third-order valence-corrected chi connectivity index (χ3v) is 5.32. The molecular formula is C24H26N4O3. The molecule has 0 spiro atoms. The van der Waals surface area contributed by atoms with E-state index in [1.807, 2.05) is 68.4 Å². The number of hydrogen-bond acceptors (Lipinski definition) is 5. The van der Waals surface area contributed by atoms with E-state index in [9.17, 15) is 9.59 Å². The summed E-state index contributed by atoms with van der Waals surface area (Å²) in [6.45, 7) is 3.90. The van der Waals surface area contributed by atoms with Gasteiger partial charge in [0, 0.05) is 25.0 Å². The molecule has 0 radical (unpaired) electrons. The summed E-state index contributed by atoms with van der Waals surface area (Å²) in [5, 5.41) is 5.52. The highest BCUT2D eigenvalue weighted by atomic mass is 16.4. The van der Waals surface area contributed by atoms with Crippen LogP contribution in [-0.4, -0.2) is 52.7 Å². The highest BCUT2D eigenvalue weighted by Gasteiger charge is 2.19. The molecule has 0 aliphatic carbocycles. The van der Waals surface area contributed by atoms with E-state index in [1.54, 1.807) is 10.7 Å². The van der Waals surface area contributed by atoms with Gasteiger partial charge >= 0.3 is 5.63 Å². The zero-order valence-electron chi connectivity index (χ0n) is 18.0. The summed E-state index contributed by atoms with van der Waals surface area (Å²) in [6.07, 6.45) is 1.48. The van der Waals surface area contributed by atoms with Gasteiger partial charge in [-0.3, -0.25) is 9.48 Å². The first-order chi connectivity index (χ1) is 14.9. The van der Waals surface area contributed by atoms with Crippen LogP contribution in [0.2, 0.25) is 0 Å². The van der Waals surface area contributed by atoms with Gasteiger partial charge in [-0.05, 0) is 38.7 Å². The van der Waals surface area contributed by atoms with Crippen LogP contribution in [0.3, 0.4) is 0 Å². The number of amides is 1. The van der Waals surface area contributed by atoms with Crippen LogP contribution < -0.4 is 5.63 Å². The van der Waals surface area contributed by atoms with Gasteiger partial charge < -0.3 is 14.2 Å². The van der Waals surface area contributed by atoms with Gasteiger partial charge in [0.15, 0.2) is 0 Å². The third kappa shape index (κ3) is 4.51. The Kier molecular flexibility index (Phi) is 5.86. The minimum absolute atomic E-state index is 0.0512. The van der Waals surface area contributed by atoms with Crippen LogP contribution >= 0.6 is 0 Å². The van der Waals surface area contributed by atoms with Crippen LogP contribution in [0.5, 0.6) is 0 Å². The van der Waals surface area contributed by atoms with Gasteiger partial charge in [0.05, 0.1) is 11.7 Å². The summed E-state index contributed by atoms with van der Waals surface area (Å²) in [6, 6.07) is 15.6. The summed E-state index contributed by atoms with van der Waals surface area (Å²) in [4.78, 5) is 29.6. The number of fused-ring (bicyclic) bond motifs is 3. The number of aryl methyl sites for hydroxylation is 1. The van der Waals surface area contributed by atoms with Crippen molar-refractivity contribution in [2.45, 2.75) is 20.0 Å². The molecule has 0 bridgehead atoms. The van der Waals surface area contributed by atoms with Crippen LogP contribution in [0.15, 0.2) is 63.9 Å². The number of aromatic nitrogens is 2. The number of carbonyl (C=O) groups excluding carboxylic acids is 1. The quantitative estimate of drug-likeness (QED) is 0.432. The molecule has 1 amide bonds. The van der Waals surface area contributed by atoms with Crippen molar-refractivity contribution < 1.29 is 9.21 Å². The Balaban J connectivity index is 1.69. The number of benzene rings is 2. The Morgan fingerprint density at radius 1 is 1.06 bits per heavy atom. The van der Waals surface area contributed by atoms with Gasteiger partial charge in [-0.2, -0.15) is 5.10 Å². The molecule has 7 nitrogen and oxygen atoms in total. The largest absolute Gasteiger partial charge is 0.422 e. The fourth-order valence-corrected chi connectivity index (χ4v) is 3.66. The zero-order valence-corrected chi connectivity index (χ0v) is 18.0. The van der Waals surface area contributed by atoms with Crippen LogP contribution in [-0.2, 0) is 17.9 Å². The Bertz CT molecular complexity index is 1270. The number of hydrogen-bond donors (Lipinski definition) is 0. The highest BCUT2D eigenvalue weighted by Crippen LogP contribution is 2.24. The van der Waals surface area contributed by atoms with Crippen LogP contribution in [0.4, 0.5) is 0 Å². The molecule has 2 aromatic carbocycles. The summed E-state index contributed by atoms with van der Waals surface area (Å²) >= 11 is 0. The van der Waals surface area contributed by atoms with Gasteiger partial charge in [-0.1, -0.05) is 42.0 Å². The molecule has 2 aromatic heterocycles. The van der Waals surface area contributed by atoms with Crippen molar-refractivity contribution in [3.05, 3.63) is 76.3 Å². The molecule has 0 saturated carbocycles. The summed E-state index contributed by atoms with van der Waals surface area (Å²) in [7, 11) is 3.97. The van der Waals surface area contributed by atoms with Crippen molar-refractivity contribution >= 4 is 27.8 Å². The standard InChI is InChI=1S/C24H26N4O3/c1-17-9-10-21-19(13-17)23-20(24(30)31-21)14-25-28(23)16-22(29)27(12-11-26(2)3)15-18-7-5-4-6-8-18/h4-10,13-14H,11-12,15-16H2,1-3H3. The van der Waals surface area contributed by atoms with E-state index >= 15 is 0 Å². The Morgan fingerprint density at radius 3 is 2.58 bits per heavy atom. The molecule has 0 atom stereocenters. The SMILES string of the molecule is Cc1ccc2oc(=O)c3cnn(CC(=O)N(CCN(C)C)Cc4ccccc4)c3c2c1. The normalized spacial score (nSPS) is 11.5. The van der Waals surface area contributed by atoms with Crippen LogP contribution in [0.25, 0.3) is 21.9 Å². The van der Waals surface area contributed by atoms with Crippen molar-refractivity contribution in [1.29, 1.82) is 0 Å². The lowest BCUT2D eigenvalue weighted by Gasteiger charge is -2.25. The summed E-state index contributed by atoms with van der Waals surface area (Å²) in [5.74, 6) is -0.0512. The Morgan fingerprint density at radius 2 is 1.84 bits per heavy atom. The monoisotopic (exact) mass is 418 g/mol. The average molecular weight is 418 g/mol. The molecule has 160 valence electrons. The third-order valence-electron chi connectivity index (χ3n) is 5.32. The van der Waals surface area contributed by atoms with E-state index < -0.39 is 5.63 Å². The first kappa shape index (κ1) is 20.8. The molecule has 0 N–H and O–H groups in total. The predicted molar refractivity (Wildman–Crippen MR) is 121 cm³/mol. The van der Waals surface area contributed by atoms with Crippen molar-refractivity contribution in [2.24, 2.45) is 0 Å². The maximum Gasteiger partial charge on any atom is 0.347 e. The lowest BCUT2D eigenvalue weighted by molar-refractivity contribution is -0.132. The molecular weight excluding hydrogens is 392 g/mol. The maximum atomic E-state index is 13.3. The molecule has 0 fully saturated rings. The smallest absolute Gasteiger partial charge is 0.347 e. The van der Waals surface area contributed by atoms with E-state index in [0.717, 1.165) is 23.1 Å². The molecule has 7 heteroatoms.